The summed E-state index contributed by atoms with van der Waals surface area (Å²) in [4.78, 5) is 25.6. The molecule has 0 spiro atoms. The normalized spacial score (nSPS) is 20.9. The summed E-state index contributed by atoms with van der Waals surface area (Å²) in [6.45, 7) is 7.52. The molecule has 2 aliphatic rings. The van der Waals surface area contributed by atoms with Crippen molar-refractivity contribution >= 4 is 11.7 Å². The molecule has 1 aromatic heterocycles. The van der Waals surface area contributed by atoms with Gasteiger partial charge in [-0.1, -0.05) is 39.0 Å². The number of carbonyl (C=O) groups excluding carboxylic acids is 1. The Kier molecular flexibility index (Phi) is 5.69. The number of carbonyl (C=O) groups is 1. The van der Waals surface area contributed by atoms with Gasteiger partial charge >= 0.3 is 0 Å². The molecular formula is C19H30N4O. The average Bonchev–Trinajstić information content (AvgIpc) is 2.62. The summed E-state index contributed by atoms with van der Waals surface area (Å²) in [6.07, 6.45) is 9.23. The van der Waals surface area contributed by atoms with Crippen molar-refractivity contribution in [1.82, 2.24) is 14.9 Å². The molecule has 3 rings (SSSR count). The first-order valence-corrected chi connectivity index (χ1v) is 9.46. The Labute approximate surface area is 145 Å². The third-order valence-electron chi connectivity index (χ3n) is 5.67. The number of amides is 1. The van der Waals surface area contributed by atoms with Crippen LogP contribution in [0.1, 0.15) is 51.3 Å². The third-order valence-corrected chi connectivity index (χ3v) is 5.67. The van der Waals surface area contributed by atoms with Crippen molar-refractivity contribution in [3.05, 3.63) is 18.1 Å². The van der Waals surface area contributed by atoms with Gasteiger partial charge in [-0.05, 0) is 24.8 Å². The van der Waals surface area contributed by atoms with Gasteiger partial charge in [0.2, 0.25) is 5.91 Å². The summed E-state index contributed by atoms with van der Waals surface area (Å²) < 4.78 is 0. The molecule has 2 fully saturated rings. The topological polar surface area (TPSA) is 49.3 Å². The Bertz CT molecular complexity index is 548. The zero-order valence-electron chi connectivity index (χ0n) is 15.1. The highest BCUT2D eigenvalue weighted by Gasteiger charge is 2.26. The minimum absolute atomic E-state index is 0.339. The summed E-state index contributed by atoms with van der Waals surface area (Å²) >= 11 is 0. The Morgan fingerprint density at radius 1 is 1.21 bits per heavy atom. The molecule has 1 aliphatic carbocycles. The van der Waals surface area contributed by atoms with Gasteiger partial charge < -0.3 is 9.80 Å². The Hall–Kier alpha value is -1.65. The van der Waals surface area contributed by atoms with E-state index in [2.05, 4.69) is 21.8 Å². The van der Waals surface area contributed by atoms with Crippen LogP contribution in [0.25, 0.3) is 0 Å². The first-order chi connectivity index (χ1) is 11.6. The van der Waals surface area contributed by atoms with E-state index in [-0.39, 0.29) is 0 Å². The summed E-state index contributed by atoms with van der Waals surface area (Å²) in [6, 6.07) is 1.95. The van der Waals surface area contributed by atoms with Gasteiger partial charge in [0.15, 0.2) is 0 Å². The molecule has 0 bridgehead atoms. The first kappa shape index (κ1) is 17.2. The lowest BCUT2D eigenvalue weighted by atomic mass is 9.79. The largest absolute Gasteiger partial charge is 0.353 e. The fourth-order valence-electron chi connectivity index (χ4n) is 4.08. The number of piperazine rings is 1. The molecule has 0 radical (unpaired) electrons. The monoisotopic (exact) mass is 330 g/mol. The number of hydrogen-bond donors (Lipinski definition) is 0. The summed E-state index contributed by atoms with van der Waals surface area (Å²) in [7, 11) is 0. The van der Waals surface area contributed by atoms with E-state index in [9.17, 15) is 4.79 Å². The standard InChI is InChI=1S/C19H30N4O/c1-15(17-6-4-3-5-7-17)14-19(24)23-12-10-22(11-13-23)18-8-9-20-16(2)21-18/h8-9,15,17H,3-7,10-14H2,1-2H3. The minimum atomic E-state index is 0.339. The maximum absolute atomic E-state index is 12.6. The van der Waals surface area contributed by atoms with Crippen LogP contribution in [0.15, 0.2) is 12.3 Å². The van der Waals surface area contributed by atoms with E-state index in [0.29, 0.717) is 11.8 Å². The van der Waals surface area contributed by atoms with Crippen molar-refractivity contribution in [3.8, 4) is 0 Å². The van der Waals surface area contributed by atoms with Gasteiger partial charge in [0.1, 0.15) is 11.6 Å². The molecule has 1 amide bonds. The number of rotatable bonds is 4. The van der Waals surface area contributed by atoms with Gasteiger partial charge in [0.05, 0.1) is 0 Å². The number of aryl methyl sites for hydroxylation is 1. The van der Waals surface area contributed by atoms with Crippen molar-refractivity contribution in [2.75, 3.05) is 31.1 Å². The Morgan fingerprint density at radius 2 is 1.92 bits per heavy atom. The van der Waals surface area contributed by atoms with Crippen LogP contribution >= 0.6 is 0 Å². The SMILES string of the molecule is Cc1nccc(N2CCN(C(=O)CC(C)C3CCCCC3)CC2)n1. The van der Waals surface area contributed by atoms with Gasteiger partial charge in [0.25, 0.3) is 0 Å². The van der Waals surface area contributed by atoms with Crippen molar-refractivity contribution in [2.45, 2.75) is 52.4 Å². The first-order valence-electron chi connectivity index (χ1n) is 9.46. The average molecular weight is 330 g/mol. The lowest BCUT2D eigenvalue weighted by Crippen LogP contribution is -2.49. The van der Waals surface area contributed by atoms with Crippen LogP contribution in [0, 0.1) is 18.8 Å². The molecule has 132 valence electrons. The number of hydrogen-bond acceptors (Lipinski definition) is 4. The number of aromatic nitrogens is 2. The maximum Gasteiger partial charge on any atom is 0.222 e. The van der Waals surface area contributed by atoms with E-state index in [1.165, 1.54) is 32.1 Å². The van der Waals surface area contributed by atoms with Gasteiger partial charge in [-0.2, -0.15) is 0 Å². The van der Waals surface area contributed by atoms with Gasteiger partial charge in [-0.15, -0.1) is 0 Å². The highest BCUT2D eigenvalue weighted by atomic mass is 16.2. The van der Waals surface area contributed by atoms with E-state index in [4.69, 9.17) is 0 Å². The van der Waals surface area contributed by atoms with Crippen molar-refractivity contribution in [2.24, 2.45) is 11.8 Å². The molecule has 0 aromatic carbocycles. The molecule has 24 heavy (non-hydrogen) atoms. The summed E-state index contributed by atoms with van der Waals surface area (Å²) in [5, 5.41) is 0. The molecule has 1 aromatic rings. The molecule has 1 unspecified atom stereocenters. The fraction of sp³-hybridized carbons (Fsp3) is 0.737. The molecule has 1 atom stereocenters. The van der Waals surface area contributed by atoms with E-state index in [1.807, 2.05) is 17.9 Å². The molecule has 1 saturated heterocycles. The van der Waals surface area contributed by atoms with Crippen molar-refractivity contribution < 1.29 is 4.79 Å². The molecular weight excluding hydrogens is 300 g/mol. The van der Waals surface area contributed by atoms with Crippen LogP contribution in [-0.2, 0) is 4.79 Å². The molecule has 1 saturated carbocycles. The Morgan fingerprint density at radius 3 is 2.58 bits per heavy atom. The Balaban J connectivity index is 1.48. The van der Waals surface area contributed by atoms with Crippen LogP contribution in [0.3, 0.4) is 0 Å². The second-order valence-corrected chi connectivity index (χ2v) is 7.41. The van der Waals surface area contributed by atoms with Crippen LogP contribution in [0.4, 0.5) is 5.82 Å². The predicted molar refractivity (Wildman–Crippen MR) is 95.9 cm³/mol. The van der Waals surface area contributed by atoms with Gasteiger partial charge in [-0.3, -0.25) is 4.79 Å². The molecule has 2 heterocycles. The van der Waals surface area contributed by atoms with Gasteiger partial charge in [0, 0.05) is 38.8 Å². The van der Waals surface area contributed by atoms with E-state index in [1.54, 1.807) is 6.20 Å². The maximum atomic E-state index is 12.6. The second kappa shape index (κ2) is 7.95. The molecule has 5 nitrogen and oxygen atoms in total. The number of nitrogens with zero attached hydrogens (tertiary/aromatic N) is 4. The second-order valence-electron chi connectivity index (χ2n) is 7.41. The third kappa shape index (κ3) is 4.25. The van der Waals surface area contributed by atoms with Gasteiger partial charge in [-0.25, -0.2) is 9.97 Å². The minimum Gasteiger partial charge on any atom is -0.353 e. The fourth-order valence-corrected chi connectivity index (χ4v) is 4.08. The molecule has 1 aliphatic heterocycles. The highest BCUT2D eigenvalue weighted by Crippen LogP contribution is 2.31. The van der Waals surface area contributed by atoms with Crippen LogP contribution < -0.4 is 4.90 Å². The zero-order valence-corrected chi connectivity index (χ0v) is 15.1. The van der Waals surface area contributed by atoms with Crippen LogP contribution in [0.2, 0.25) is 0 Å². The number of anilines is 1. The highest BCUT2D eigenvalue weighted by molar-refractivity contribution is 5.76. The summed E-state index contributed by atoms with van der Waals surface area (Å²) in [5.74, 6) is 3.40. The van der Waals surface area contributed by atoms with Crippen LogP contribution in [-0.4, -0.2) is 47.0 Å². The smallest absolute Gasteiger partial charge is 0.222 e. The molecule has 0 N–H and O–H groups in total. The van der Waals surface area contributed by atoms with E-state index in [0.717, 1.165) is 50.2 Å². The zero-order chi connectivity index (χ0) is 16.9. The van der Waals surface area contributed by atoms with E-state index < -0.39 is 0 Å². The molecule has 5 heteroatoms. The summed E-state index contributed by atoms with van der Waals surface area (Å²) in [5.41, 5.74) is 0. The van der Waals surface area contributed by atoms with Crippen molar-refractivity contribution in [3.63, 3.8) is 0 Å². The quantitative estimate of drug-likeness (QED) is 0.851. The van der Waals surface area contributed by atoms with E-state index >= 15 is 0 Å². The predicted octanol–water partition coefficient (Wildman–Crippen LogP) is 3.04. The van der Waals surface area contributed by atoms with Crippen LogP contribution in [0.5, 0.6) is 0 Å². The lowest BCUT2D eigenvalue weighted by molar-refractivity contribution is -0.132. The van der Waals surface area contributed by atoms with Crippen molar-refractivity contribution in [1.29, 1.82) is 0 Å². The lowest BCUT2D eigenvalue weighted by Gasteiger charge is -2.36.